The van der Waals surface area contributed by atoms with Gasteiger partial charge in [-0.1, -0.05) is 0 Å². The van der Waals surface area contributed by atoms with Crippen molar-refractivity contribution in [1.82, 2.24) is 0 Å². The number of hydrogen-bond acceptors (Lipinski definition) is 1. The highest BCUT2D eigenvalue weighted by molar-refractivity contribution is 4.60. The molecule has 0 saturated carbocycles. The Kier molecular flexibility index (Phi) is 6.53. The average molecular weight is 231 g/mol. The van der Waals surface area contributed by atoms with Crippen LogP contribution in [0.25, 0.3) is 0 Å². The van der Waals surface area contributed by atoms with E-state index in [2.05, 4.69) is 42.3 Å². The molecule has 0 atom stereocenters. The van der Waals surface area contributed by atoms with Crippen LogP contribution in [0.15, 0.2) is 0 Å². The zero-order chi connectivity index (χ0) is 12.8. The summed E-state index contributed by atoms with van der Waals surface area (Å²) in [6.07, 6.45) is 4.84. The Morgan fingerprint density at radius 3 is 1.31 bits per heavy atom. The van der Waals surface area contributed by atoms with E-state index in [-0.39, 0.29) is 0 Å². The Balaban J connectivity index is 3.49. The van der Waals surface area contributed by atoms with Crippen LogP contribution in [0.2, 0.25) is 0 Å². The van der Waals surface area contributed by atoms with Gasteiger partial charge in [0.1, 0.15) is 0 Å². The van der Waals surface area contributed by atoms with Gasteiger partial charge in [-0.15, -0.1) is 0 Å². The molecule has 2 N–H and O–H groups in total. The lowest BCUT2D eigenvalue weighted by atomic mass is 10.1. The maximum Gasteiger partial charge on any atom is 0.0781 e. The first-order valence-electron chi connectivity index (χ1n) is 6.47. The molecule has 0 saturated heterocycles. The third-order valence-electron chi connectivity index (χ3n) is 2.81. The lowest BCUT2D eigenvalue weighted by Crippen LogP contribution is -2.37. The highest BCUT2D eigenvalue weighted by atomic mass is 15.3. The predicted octanol–water partition coefficient (Wildman–Crippen LogP) is 1.29. The van der Waals surface area contributed by atoms with Gasteiger partial charge in [-0.3, -0.25) is 0 Å². The molecule has 16 heavy (non-hydrogen) atoms. The fraction of sp³-hybridized carbons (Fsp3) is 1.00. The van der Waals surface area contributed by atoms with Crippen LogP contribution in [0.4, 0.5) is 0 Å². The smallest absolute Gasteiger partial charge is 0.0781 e. The Morgan fingerprint density at radius 2 is 1.06 bits per heavy atom. The van der Waals surface area contributed by atoms with Crippen molar-refractivity contribution in [3.8, 4) is 0 Å². The summed E-state index contributed by atoms with van der Waals surface area (Å²) in [6, 6.07) is 0.401. The first kappa shape index (κ1) is 15.9. The van der Waals surface area contributed by atoms with Crippen molar-refractivity contribution in [3.05, 3.63) is 0 Å². The van der Waals surface area contributed by atoms with E-state index in [0.29, 0.717) is 6.04 Å². The monoisotopic (exact) mass is 231 g/mol. The van der Waals surface area contributed by atoms with E-state index in [4.69, 9.17) is 5.73 Å². The topological polar surface area (TPSA) is 26.0 Å². The molecule has 0 aromatic rings. The second-order valence-corrected chi connectivity index (χ2v) is 7.07. The van der Waals surface area contributed by atoms with Crippen molar-refractivity contribution in [2.24, 2.45) is 5.73 Å². The van der Waals surface area contributed by atoms with Gasteiger partial charge in [0.05, 0.1) is 55.4 Å². The van der Waals surface area contributed by atoms with E-state index < -0.39 is 0 Å². The Labute approximate surface area is 102 Å². The van der Waals surface area contributed by atoms with Gasteiger partial charge in [0.25, 0.3) is 0 Å². The maximum atomic E-state index is 6.12. The lowest BCUT2D eigenvalue weighted by Gasteiger charge is -2.25. The standard InChI is InChI=1S/C13H33N3/c1-15(2,3)11-7-9-13(14)10-8-12-16(4,5)6/h13H,7-12,14H2,1-6H3/q+2. The van der Waals surface area contributed by atoms with Gasteiger partial charge in [-0.25, -0.2) is 0 Å². The normalized spacial score (nSPS) is 13.5. The Hall–Kier alpha value is -0.120. The van der Waals surface area contributed by atoms with Crippen LogP contribution in [0, 0.1) is 0 Å². The van der Waals surface area contributed by atoms with E-state index in [9.17, 15) is 0 Å². The first-order chi connectivity index (χ1) is 7.10. The van der Waals surface area contributed by atoms with Gasteiger partial charge in [-0.05, 0) is 25.7 Å². The first-order valence-corrected chi connectivity index (χ1v) is 6.47. The zero-order valence-electron chi connectivity index (χ0n) is 12.3. The molecule has 0 unspecified atom stereocenters. The number of hydrogen-bond donors (Lipinski definition) is 1. The second kappa shape index (κ2) is 6.58. The van der Waals surface area contributed by atoms with Gasteiger partial charge < -0.3 is 14.7 Å². The van der Waals surface area contributed by atoms with Crippen molar-refractivity contribution >= 4 is 0 Å². The molecule has 98 valence electrons. The van der Waals surface area contributed by atoms with E-state index in [1.807, 2.05) is 0 Å². The van der Waals surface area contributed by atoms with Gasteiger partial charge in [-0.2, -0.15) is 0 Å². The molecule has 0 amide bonds. The van der Waals surface area contributed by atoms with E-state index >= 15 is 0 Å². The third kappa shape index (κ3) is 12.0. The Morgan fingerprint density at radius 1 is 0.750 bits per heavy atom. The summed E-state index contributed by atoms with van der Waals surface area (Å²) in [4.78, 5) is 0. The predicted molar refractivity (Wildman–Crippen MR) is 72.2 cm³/mol. The fourth-order valence-electron chi connectivity index (χ4n) is 1.80. The van der Waals surface area contributed by atoms with Crippen LogP contribution >= 0.6 is 0 Å². The highest BCUT2D eigenvalue weighted by Crippen LogP contribution is 2.06. The van der Waals surface area contributed by atoms with Crippen molar-refractivity contribution in [2.45, 2.75) is 31.7 Å². The minimum absolute atomic E-state index is 0.401. The highest BCUT2D eigenvalue weighted by Gasteiger charge is 2.11. The van der Waals surface area contributed by atoms with Crippen molar-refractivity contribution < 1.29 is 8.97 Å². The number of rotatable bonds is 8. The molecule has 0 aliphatic heterocycles. The van der Waals surface area contributed by atoms with Gasteiger partial charge in [0.2, 0.25) is 0 Å². The fourth-order valence-corrected chi connectivity index (χ4v) is 1.80. The molecule has 0 bridgehead atoms. The minimum atomic E-state index is 0.401. The molecule has 3 heteroatoms. The molecular weight excluding hydrogens is 198 g/mol. The van der Waals surface area contributed by atoms with Crippen LogP contribution in [0.1, 0.15) is 25.7 Å². The molecule has 0 aromatic heterocycles. The molecule has 0 spiro atoms. The molecule has 0 heterocycles. The van der Waals surface area contributed by atoms with Gasteiger partial charge in [0, 0.05) is 6.04 Å². The molecular formula is C13H33N3+2. The van der Waals surface area contributed by atoms with Crippen LogP contribution in [0.3, 0.4) is 0 Å². The quantitative estimate of drug-likeness (QED) is 0.626. The van der Waals surface area contributed by atoms with Gasteiger partial charge >= 0.3 is 0 Å². The average Bonchev–Trinajstić information content (AvgIpc) is 1.98. The van der Waals surface area contributed by atoms with E-state index in [1.165, 1.54) is 38.8 Å². The second-order valence-electron chi connectivity index (χ2n) is 7.07. The van der Waals surface area contributed by atoms with Crippen LogP contribution in [-0.2, 0) is 0 Å². The van der Waals surface area contributed by atoms with E-state index in [1.54, 1.807) is 0 Å². The molecule has 0 aliphatic carbocycles. The number of quaternary nitrogens is 2. The molecule has 0 aliphatic rings. The summed E-state index contributed by atoms with van der Waals surface area (Å²) in [7, 11) is 13.4. The lowest BCUT2D eigenvalue weighted by molar-refractivity contribution is -0.870. The molecule has 3 nitrogen and oxygen atoms in total. The number of nitrogens with zero attached hydrogens (tertiary/aromatic N) is 2. The summed E-state index contributed by atoms with van der Waals surface area (Å²) in [5.41, 5.74) is 6.12. The zero-order valence-corrected chi connectivity index (χ0v) is 12.3. The molecule has 0 rings (SSSR count). The SMILES string of the molecule is C[N+](C)(C)CCCC(N)CCC[N+](C)(C)C. The minimum Gasteiger partial charge on any atom is -0.331 e. The summed E-state index contributed by atoms with van der Waals surface area (Å²) >= 11 is 0. The summed E-state index contributed by atoms with van der Waals surface area (Å²) in [5.74, 6) is 0. The van der Waals surface area contributed by atoms with Gasteiger partial charge in [0.15, 0.2) is 0 Å². The van der Waals surface area contributed by atoms with Crippen molar-refractivity contribution in [2.75, 3.05) is 55.4 Å². The maximum absolute atomic E-state index is 6.12. The summed E-state index contributed by atoms with van der Waals surface area (Å²) in [5, 5.41) is 0. The number of nitrogens with two attached hydrogens (primary N) is 1. The summed E-state index contributed by atoms with van der Waals surface area (Å²) < 4.78 is 2.09. The molecule has 0 radical (unpaired) electrons. The Bertz CT molecular complexity index is 157. The molecule has 0 fully saturated rings. The van der Waals surface area contributed by atoms with Crippen LogP contribution < -0.4 is 5.73 Å². The largest absolute Gasteiger partial charge is 0.331 e. The molecule has 0 aromatic carbocycles. The third-order valence-corrected chi connectivity index (χ3v) is 2.81. The van der Waals surface area contributed by atoms with Crippen LogP contribution in [0.5, 0.6) is 0 Å². The van der Waals surface area contributed by atoms with E-state index in [0.717, 1.165) is 8.97 Å². The van der Waals surface area contributed by atoms with Crippen molar-refractivity contribution in [3.63, 3.8) is 0 Å². The summed E-state index contributed by atoms with van der Waals surface area (Å²) in [6.45, 7) is 2.45. The van der Waals surface area contributed by atoms with Crippen molar-refractivity contribution in [1.29, 1.82) is 0 Å². The van der Waals surface area contributed by atoms with Crippen LogP contribution in [-0.4, -0.2) is 70.4 Å².